The minimum atomic E-state index is -5.18. The number of rotatable bonds is 14. The van der Waals surface area contributed by atoms with Crippen LogP contribution in [-0.2, 0) is 67.0 Å². The van der Waals surface area contributed by atoms with Crippen LogP contribution in [0, 0.1) is 40.9 Å². The third-order valence-corrected chi connectivity index (χ3v) is 24.1. The van der Waals surface area contributed by atoms with Crippen LogP contribution in [-0.4, -0.2) is 296 Å². The Labute approximate surface area is 628 Å². The van der Waals surface area contributed by atoms with Crippen LogP contribution < -0.4 is 16.0 Å². The first-order chi connectivity index (χ1) is 50.2. The van der Waals surface area contributed by atoms with Crippen molar-refractivity contribution in [1.29, 1.82) is 0 Å². The monoisotopic (exact) mass is 1520 g/mol. The molecule has 4 aliphatic carbocycles. The van der Waals surface area contributed by atoms with Crippen molar-refractivity contribution in [3.8, 4) is 0 Å². The zero-order chi connectivity index (χ0) is 79.5. The highest BCUT2D eigenvalue weighted by Crippen LogP contribution is 2.50. The molecule has 3 aliphatic heterocycles. The number of nitrogens with zero attached hydrogens (tertiary/aromatic N) is 9. The summed E-state index contributed by atoms with van der Waals surface area (Å²) in [7, 11) is 11.1. The summed E-state index contributed by atoms with van der Waals surface area (Å²) in [6, 6.07) is -11.0. The number of likely N-dealkylation sites (N-methyl/N-ethyl adjacent to an activating group) is 7. The van der Waals surface area contributed by atoms with E-state index in [4.69, 9.17) is 9.47 Å². The molecule has 12 atom stereocenters. The molecule has 31 heteroatoms. The summed E-state index contributed by atoms with van der Waals surface area (Å²) in [6.45, 7) is 11.2. The Morgan fingerprint density at radius 2 is 1.32 bits per heavy atom. The minimum absolute atomic E-state index is 0.00230. The van der Waals surface area contributed by atoms with Gasteiger partial charge in [0, 0.05) is 89.1 Å². The molecule has 0 aromatic heterocycles. The lowest BCUT2D eigenvalue weighted by Crippen LogP contribution is -2.71. The van der Waals surface area contributed by atoms with Gasteiger partial charge in [-0.3, -0.25) is 57.5 Å². The van der Waals surface area contributed by atoms with E-state index in [-0.39, 0.29) is 70.7 Å². The Morgan fingerprint density at radius 3 is 1.90 bits per heavy atom. The maximum atomic E-state index is 15.8. The first-order valence-corrected chi connectivity index (χ1v) is 38.7. The molecule has 7 aliphatic rings. The lowest BCUT2D eigenvalue weighted by Gasteiger charge is -2.54. The first kappa shape index (κ1) is 87.2. The van der Waals surface area contributed by atoms with E-state index in [0.29, 0.717) is 44.4 Å². The first-order valence-electron chi connectivity index (χ1n) is 38.7. The van der Waals surface area contributed by atoms with Crippen LogP contribution in [0.2, 0.25) is 0 Å². The van der Waals surface area contributed by atoms with Gasteiger partial charge in [-0.1, -0.05) is 91.7 Å². The van der Waals surface area contributed by atoms with Crippen molar-refractivity contribution in [3.05, 3.63) is 12.2 Å². The predicted molar refractivity (Wildman–Crippen MR) is 387 cm³/mol. The molecule has 1 spiro atoms. The van der Waals surface area contributed by atoms with Crippen molar-refractivity contribution in [2.75, 3.05) is 102 Å². The molecule has 0 aromatic rings. The fraction of sp³-hybridized carbons (Fsp3) is 0.816. The van der Waals surface area contributed by atoms with Crippen molar-refractivity contribution in [2.45, 2.75) is 255 Å². The number of amides is 12. The highest BCUT2D eigenvalue weighted by molar-refractivity contribution is 6.01. The van der Waals surface area contributed by atoms with Crippen molar-refractivity contribution in [2.24, 2.45) is 40.9 Å². The number of carbonyl (C=O) groups is 12. The summed E-state index contributed by atoms with van der Waals surface area (Å²) in [5.74, 6) is -13.5. The molecule has 3 N–H and O–H groups in total. The van der Waals surface area contributed by atoms with Gasteiger partial charge in [-0.25, -0.2) is 8.78 Å². The highest BCUT2D eigenvalue weighted by Gasteiger charge is 2.60. The summed E-state index contributed by atoms with van der Waals surface area (Å²) >= 11 is 0. The predicted octanol–water partition coefficient (Wildman–Crippen LogP) is 5.44. The van der Waals surface area contributed by atoms with E-state index in [1.54, 1.807) is 33.8 Å². The quantitative estimate of drug-likeness (QED) is 0.144. The largest absolute Gasteiger partial charge is 0.397 e. The molecule has 6 fully saturated rings. The summed E-state index contributed by atoms with van der Waals surface area (Å²) < 4.78 is 84.6. The zero-order valence-corrected chi connectivity index (χ0v) is 65.7. The molecule has 4 saturated carbocycles. The number of ether oxygens (including phenoxy) is 2. The maximum Gasteiger partial charge on any atom is 0.397 e. The number of carbonyl (C=O) groups excluding carboxylic acids is 12. The Morgan fingerprint density at radius 1 is 0.692 bits per heavy atom. The third-order valence-electron chi connectivity index (χ3n) is 24.1. The van der Waals surface area contributed by atoms with Gasteiger partial charge in [-0.05, 0) is 119 Å². The highest BCUT2D eigenvalue weighted by atomic mass is 19.4. The van der Waals surface area contributed by atoms with E-state index in [9.17, 15) is 41.9 Å². The van der Waals surface area contributed by atoms with Gasteiger partial charge in [0.25, 0.3) is 0 Å². The van der Waals surface area contributed by atoms with Gasteiger partial charge in [0.2, 0.25) is 70.9 Å². The van der Waals surface area contributed by atoms with Gasteiger partial charge in [0.1, 0.15) is 72.1 Å². The normalized spacial score (nSPS) is 32.4. The van der Waals surface area contributed by atoms with Crippen molar-refractivity contribution in [1.82, 2.24) is 60.0 Å². The smallest absolute Gasteiger partial charge is 0.382 e. The number of fused-ring (bicyclic) bond motifs is 3. The average molecular weight is 1520 g/mol. The molecule has 0 aromatic carbocycles. The molecule has 2 bridgehead atoms. The molecule has 107 heavy (non-hydrogen) atoms. The van der Waals surface area contributed by atoms with E-state index in [1.165, 1.54) is 80.9 Å². The van der Waals surface area contributed by atoms with Crippen LogP contribution in [0.1, 0.15) is 177 Å². The van der Waals surface area contributed by atoms with Crippen molar-refractivity contribution < 1.29 is 89.0 Å². The number of hydrogen-bond donors (Lipinski definition) is 3. The zero-order valence-electron chi connectivity index (χ0n) is 65.7. The molecule has 604 valence electrons. The summed E-state index contributed by atoms with van der Waals surface area (Å²) in [5, 5.41) is 8.56. The van der Waals surface area contributed by atoms with Crippen LogP contribution in [0.25, 0.3) is 0 Å². The summed E-state index contributed by atoms with van der Waals surface area (Å²) in [5.41, 5.74) is -2.30. The van der Waals surface area contributed by atoms with Gasteiger partial charge in [-0.15, -0.1) is 0 Å². The second-order valence-electron chi connectivity index (χ2n) is 32.6. The summed E-state index contributed by atoms with van der Waals surface area (Å²) in [6.07, 6.45) is -4.16. The van der Waals surface area contributed by atoms with Gasteiger partial charge in [0.15, 0.2) is 0 Å². The second-order valence-corrected chi connectivity index (χ2v) is 32.6. The van der Waals surface area contributed by atoms with E-state index in [2.05, 4.69) is 22.9 Å². The lowest BCUT2D eigenvalue weighted by molar-refractivity contribution is -0.219. The van der Waals surface area contributed by atoms with E-state index < -0.39 is 224 Å². The van der Waals surface area contributed by atoms with Gasteiger partial charge >= 0.3 is 6.18 Å². The van der Waals surface area contributed by atoms with Crippen LogP contribution in [0.4, 0.5) is 22.0 Å². The molecule has 3 heterocycles. The second kappa shape index (κ2) is 37.6. The molecule has 26 nitrogen and oxygen atoms in total. The number of nitrogens with one attached hydrogen (secondary N) is 3. The average Bonchev–Trinajstić information content (AvgIpc) is 1.70. The molecule has 0 radical (unpaired) electrons. The molecule has 12 amide bonds. The number of methoxy groups -OCH3 is 1. The Bertz CT molecular complexity index is 3190. The van der Waals surface area contributed by atoms with Crippen molar-refractivity contribution in [3.63, 3.8) is 0 Å². The standard InChI is InChI=1S/C76H121F5N12O14/c1-16-46(5)63-71(103)87(10)41-61(96)88(11)54-26-20-19-23-33-92(70(54)102)57(36-47-29-27-45(4)28-30-47)69(101)86(9)40-59(94)82-53(32-31-48-34-51(77)62(52(78)35-48)76(79,80)81)67(99)93-39-50(107-18-3)37-55(93)66(98)84-75(43-74(6,7)44-75)73(105)91(14)64(49-24-21-22-25-49)72(104)90(13)56(68(100)85(8)17-2)38-60(95)89(12)58(42-106-15)65(97)83-63/h19-20,45-58,62-64H,16-18,21-44H2,1-15H3,(H,82,94)(H,83,97)(H,84,98)/b20-19-/t45?,46-,47?,48?,50+,51?,52?,53-,54-,55-,56-,57-,58-,62?,63-,64-/m0/s1. The van der Waals surface area contributed by atoms with Crippen LogP contribution in [0.3, 0.4) is 0 Å². The van der Waals surface area contributed by atoms with Gasteiger partial charge in [-0.2, -0.15) is 13.2 Å². The van der Waals surface area contributed by atoms with Gasteiger partial charge < -0.3 is 69.5 Å². The Balaban J connectivity index is 1.34. The van der Waals surface area contributed by atoms with E-state index in [1.807, 2.05) is 19.9 Å². The topological polar surface area (TPSA) is 289 Å². The fourth-order valence-corrected chi connectivity index (χ4v) is 17.5. The third kappa shape index (κ3) is 21.1. The SMILES string of the molecule is CCO[C@@H]1C[C@H]2C(=O)NC3(CC(C)(C)C3)C(=O)N(C)[C@@H](C3CCCC3)C(=O)N(C)[C@H](C(=O)N(C)CC)CC(=O)N(C)[C@@H](COC)C(=O)N[C@@H]([C@@H](C)CC)C(=O)N(C)CC(=O)N(C)[C@H]3C/C=C\CCN(C3=O)[C@@H](CC3CCC(C)CC3)C(=O)N(C)CC(=O)N[C@@H](CCC3CC(F)C(C(F)(F)F)C(F)C3)C(=O)N2C1. The Kier molecular flexibility index (Phi) is 30.6. The van der Waals surface area contributed by atoms with Crippen LogP contribution in [0.15, 0.2) is 12.2 Å². The fourth-order valence-electron chi connectivity index (χ4n) is 17.5. The van der Waals surface area contributed by atoms with E-state index >= 15 is 37.5 Å². The number of hydrogen-bond acceptors (Lipinski definition) is 14. The maximum absolute atomic E-state index is 15.8. The Hall–Kier alpha value is -7.05. The van der Waals surface area contributed by atoms with Crippen molar-refractivity contribution >= 4 is 70.9 Å². The van der Waals surface area contributed by atoms with Crippen LogP contribution in [0.5, 0.6) is 0 Å². The number of alkyl halides is 5. The lowest BCUT2D eigenvalue weighted by atomic mass is 9.58. The minimum Gasteiger partial charge on any atom is -0.382 e. The number of halogens is 5. The summed E-state index contributed by atoms with van der Waals surface area (Å²) in [4.78, 5) is 193. The molecular formula is C76H121F5N12O14. The van der Waals surface area contributed by atoms with Crippen LogP contribution >= 0.6 is 0 Å². The molecule has 2 unspecified atom stereocenters. The molecule has 2 saturated heterocycles. The molecule has 7 rings (SSSR count). The molecular weight excluding hydrogens is 1400 g/mol. The van der Waals surface area contributed by atoms with E-state index in [0.717, 1.165) is 45.3 Å². The van der Waals surface area contributed by atoms with Gasteiger partial charge in [0.05, 0.1) is 32.2 Å².